The van der Waals surface area contributed by atoms with E-state index in [0.717, 1.165) is 0 Å². The van der Waals surface area contributed by atoms with Crippen molar-refractivity contribution in [1.29, 1.82) is 0 Å². The Kier molecular flexibility index (Phi) is 0.586. The van der Waals surface area contributed by atoms with Crippen LogP contribution in [0.1, 0.15) is 45.8 Å². The Morgan fingerprint density at radius 2 is 2.00 bits per heavy atom. The fourth-order valence-corrected chi connectivity index (χ4v) is 0.703. The summed E-state index contributed by atoms with van der Waals surface area (Å²) in [6.07, 6.45) is -2.27. The minimum absolute atomic E-state index is 0.298. The first kappa shape index (κ1) is 1.75. The van der Waals surface area contributed by atoms with Gasteiger partial charge in [0.1, 0.15) is 0 Å². The maximum absolute atomic E-state index is 7.68. The summed E-state index contributed by atoms with van der Waals surface area (Å²) in [5.74, 6) is -1.61. The van der Waals surface area contributed by atoms with Gasteiger partial charge in [-0.25, -0.2) is 0 Å². The first-order chi connectivity index (χ1) is 5.21. The molecule has 0 aromatic carbocycles. The Hall–Kier alpha value is 0. The summed E-state index contributed by atoms with van der Waals surface area (Å²) in [5.41, 5.74) is 0. The molecule has 0 aromatic rings. The Labute approximate surface area is 52.9 Å². The van der Waals surface area contributed by atoms with Gasteiger partial charge in [-0.3, -0.25) is 0 Å². The van der Waals surface area contributed by atoms with Crippen LogP contribution in [0.25, 0.3) is 0 Å². The first-order valence-corrected chi connectivity index (χ1v) is 2.71. The van der Waals surface area contributed by atoms with Crippen molar-refractivity contribution in [2.75, 3.05) is 0 Å². The SMILES string of the molecule is [2H]C1([2H])CCCC([2H])([2H])C1([2H])C. The van der Waals surface area contributed by atoms with Crippen molar-refractivity contribution in [1.82, 2.24) is 0 Å². The van der Waals surface area contributed by atoms with Crippen molar-refractivity contribution >= 4 is 0 Å². The molecule has 1 rings (SSSR count). The monoisotopic (exact) mass is 103 g/mol. The molecule has 0 heteroatoms. The first-order valence-electron chi connectivity index (χ1n) is 5.21. The lowest BCUT2D eigenvalue weighted by molar-refractivity contribution is 0.385. The molecule has 0 saturated heterocycles. The third-order valence-corrected chi connectivity index (χ3v) is 1.13. The maximum atomic E-state index is 7.68. The Morgan fingerprint density at radius 3 is 2.43 bits per heavy atom. The highest BCUT2D eigenvalue weighted by atomic mass is 14.1. The molecular formula is C7H14. The lowest BCUT2D eigenvalue weighted by Crippen LogP contribution is -1.99. The van der Waals surface area contributed by atoms with E-state index in [2.05, 4.69) is 0 Å². The van der Waals surface area contributed by atoms with Crippen LogP contribution in [0, 0.1) is 5.89 Å². The maximum Gasteiger partial charge on any atom is 0.0300 e. The molecule has 0 nitrogen and oxygen atoms in total. The molecule has 1 aliphatic rings. The van der Waals surface area contributed by atoms with E-state index in [4.69, 9.17) is 6.85 Å². The molecule has 0 heterocycles. The molecule has 0 unspecified atom stereocenters. The van der Waals surface area contributed by atoms with Gasteiger partial charge in [0.05, 0.1) is 0 Å². The average Bonchev–Trinajstić information content (AvgIpc) is 1.83. The summed E-state index contributed by atoms with van der Waals surface area (Å²) < 4.78 is 37.8. The molecule has 1 aliphatic carbocycles. The van der Waals surface area contributed by atoms with Gasteiger partial charge in [0.25, 0.3) is 0 Å². The molecule has 42 valence electrons. The zero-order valence-electron chi connectivity index (χ0n) is 9.62. The highest BCUT2D eigenvalue weighted by molar-refractivity contribution is 4.59. The van der Waals surface area contributed by atoms with Gasteiger partial charge in [-0.2, -0.15) is 0 Å². The van der Waals surface area contributed by atoms with Crippen LogP contribution in [-0.4, -0.2) is 0 Å². The number of rotatable bonds is 0. The molecule has 0 N–H and O–H groups in total. The van der Waals surface area contributed by atoms with Crippen molar-refractivity contribution in [3.8, 4) is 0 Å². The third kappa shape index (κ3) is 1.50. The third-order valence-electron chi connectivity index (χ3n) is 1.13. The van der Waals surface area contributed by atoms with Gasteiger partial charge in [-0.1, -0.05) is 38.9 Å². The van der Waals surface area contributed by atoms with Crippen LogP contribution in [0.5, 0.6) is 0 Å². The second-order valence-corrected chi connectivity index (χ2v) is 1.83. The molecule has 0 aromatic heterocycles. The molecule has 1 fully saturated rings. The molecular weight excluding hydrogens is 84.1 g/mol. The fourth-order valence-electron chi connectivity index (χ4n) is 0.703. The lowest BCUT2D eigenvalue weighted by atomic mass is 9.91. The molecule has 0 bridgehead atoms. The highest BCUT2D eigenvalue weighted by Crippen LogP contribution is 2.21. The summed E-state index contributed by atoms with van der Waals surface area (Å²) in [7, 11) is 0. The van der Waals surface area contributed by atoms with Gasteiger partial charge < -0.3 is 0 Å². The van der Waals surface area contributed by atoms with Crippen molar-refractivity contribution in [3.05, 3.63) is 0 Å². The zero-order chi connectivity index (χ0) is 9.62. The average molecular weight is 103 g/mol. The fraction of sp³-hybridized carbons (Fsp3) is 1.00. The van der Waals surface area contributed by atoms with Gasteiger partial charge in [0.2, 0.25) is 0 Å². The van der Waals surface area contributed by atoms with Gasteiger partial charge in [0.15, 0.2) is 0 Å². The Morgan fingerprint density at radius 1 is 1.43 bits per heavy atom. The summed E-state index contributed by atoms with van der Waals surface area (Å²) in [5, 5.41) is 0. The van der Waals surface area contributed by atoms with Crippen molar-refractivity contribution in [2.24, 2.45) is 5.89 Å². The zero-order valence-corrected chi connectivity index (χ0v) is 4.62. The molecule has 0 amide bonds. The van der Waals surface area contributed by atoms with E-state index < -0.39 is 18.6 Å². The highest BCUT2D eigenvalue weighted by Gasteiger charge is 2.05. The summed E-state index contributed by atoms with van der Waals surface area (Å²) in [4.78, 5) is 0. The quantitative estimate of drug-likeness (QED) is 0.442. The van der Waals surface area contributed by atoms with Crippen LogP contribution in [0.2, 0.25) is 0 Å². The van der Waals surface area contributed by atoms with Crippen LogP contribution in [0.15, 0.2) is 0 Å². The van der Waals surface area contributed by atoms with Crippen LogP contribution < -0.4 is 0 Å². The smallest absolute Gasteiger partial charge is 0.0300 e. The number of hydrogen-bond acceptors (Lipinski definition) is 0. The van der Waals surface area contributed by atoms with Crippen molar-refractivity contribution in [2.45, 2.75) is 38.9 Å². The van der Waals surface area contributed by atoms with Crippen LogP contribution in [0.3, 0.4) is 0 Å². The van der Waals surface area contributed by atoms with E-state index in [1.807, 2.05) is 0 Å². The van der Waals surface area contributed by atoms with E-state index >= 15 is 0 Å². The molecule has 0 spiro atoms. The predicted molar refractivity (Wildman–Crippen MR) is 32.2 cm³/mol. The minimum Gasteiger partial charge on any atom is -0.0625 e. The van der Waals surface area contributed by atoms with Crippen molar-refractivity contribution in [3.63, 3.8) is 0 Å². The largest absolute Gasteiger partial charge is 0.0625 e. The minimum atomic E-state index is -1.70. The lowest BCUT2D eigenvalue weighted by Gasteiger charge is -2.15. The predicted octanol–water partition coefficient (Wildman–Crippen LogP) is 2.59. The normalized spacial score (nSPS) is 54.7. The second kappa shape index (κ2) is 2.34. The molecule has 1 saturated carbocycles. The van der Waals surface area contributed by atoms with Gasteiger partial charge in [-0.15, -0.1) is 0 Å². The summed E-state index contributed by atoms with van der Waals surface area (Å²) in [6.45, 7) is 1.35. The molecule has 0 radical (unpaired) electrons. The van der Waals surface area contributed by atoms with E-state index in [9.17, 15) is 0 Å². The summed E-state index contributed by atoms with van der Waals surface area (Å²) >= 11 is 0. The van der Waals surface area contributed by atoms with Gasteiger partial charge in [-0.05, 0) is 5.89 Å². The van der Waals surface area contributed by atoms with E-state index in [1.165, 1.54) is 6.92 Å². The van der Waals surface area contributed by atoms with E-state index in [1.54, 1.807) is 0 Å². The van der Waals surface area contributed by atoms with Gasteiger partial charge >= 0.3 is 0 Å². The van der Waals surface area contributed by atoms with E-state index in [-0.39, 0.29) is 0 Å². The Bertz CT molecular complexity index is 166. The standard InChI is InChI=1S/C7H14/c1-7-5-3-2-4-6-7/h7H,2-6H2,1H3/i5D2,6D2,7D. The van der Waals surface area contributed by atoms with E-state index in [0.29, 0.717) is 19.3 Å². The number of hydrogen-bond donors (Lipinski definition) is 0. The second-order valence-electron chi connectivity index (χ2n) is 1.83. The Balaban J connectivity index is 2.99. The summed E-state index contributed by atoms with van der Waals surface area (Å²) in [6, 6.07) is 0. The molecule has 0 aliphatic heterocycles. The van der Waals surface area contributed by atoms with Crippen molar-refractivity contribution < 1.29 is 6.85 Å². The molecule has 7 heavy (non-hydrogen) atoms. The molecule has 0 atom stereocenters. The van der Waals surface area contributed by atoms with Crippen LogP contribution in [-0.2, 0) is 0 Å². The van der Waals surface area contributed by atoms with Crippen LogP contribution in [0.4, 0.5) is 0 Å². The topological polar surface area (TPSA) is 0 Å². The van der Waals surface area contributed by atoms with Crippen LogP contribution >= 0.6 is 0 Å². The van der Waals surface area contributed by atoms with Gasteiger partial charge in [0, 0.05) is 6.85 Å².